The van der Waals surface area contributed by atoms with Crippen LogP contribution in [0.25, 0.3) is 21.8 Å². The Balaban J connectivity index is 1.82. The van der Waals surface area contributed by atoms with Gasteiger partial charge in [-0.1, -0.05) is 36.4 Å². The lowest BCUT2D eigenvalue weighted by Gasteiger charge is -2.12. The van der Waals surface area contributed by atoms with Crippen LogP contribution in [0.2, 0.25) is 0 Å². The van der Waals surface area contributed by atoms with Gasteiger partial charge in [0.25, 0.3) is 5.91 Å². The van der Waals surface area contributed by atoms with E-state index in [1.807, 2.05) is 48.5 Å². The number of hydrogen-bond acceptors (Lipinski definition) is 3. The Morgan fingerprint density at radius 1 is 0.840 bits per heavy atom. The van der Waals surface area contributed by atoms with Crippen LogP contribution >= 0.6 is 0 Å². The average molecular weight is 328 g/mol. The number of amides is 1. The standard InChI is InChI=1S/C21H16N2O2/c1-25-15-12-10-14(11-13-15)21(24)23-20-16-6-2-4-8-18(16)22-19-9-5-3-7-17(19)20/h2-13H,1H3,(H,22,23,24). The Morgan fingerprint density at radius 2 is 1.40 bits per heavy atom. The number of methoxy groups -OCH3 is 1. The maximum atomic E-state index is 12.7. The number of fused-ring (bicyclic) bond motifs is 2. The van der Waals surface area contributed by atoms with Gasteiger partial charge in [0.15, 0.2) is 0 Å². The molecule has 0 atom stereocenters. The highest BCUT2D eigenvalue weighted by Crippen LogP contribution is 2.31. The van der Waals surface area contributed by atoms with Crippen molar-refractivity contribution in [3.8, 4) is 5.75 Å². The molecule has 1 aromatic heterocycles. The SMILES string of the molecule is COc1ccc(C(=O)Nc2c3ccccc3nc3ccccc23)cc1. The van der Waals surface area contributed by atoms with Crippen LogP contribution in [0.4, 0.5) is 5.69 Å². The Labute approximate surface area is 145 Å². The summed E-state index contributed by atoms with van der Waals surface area (Å²) in [5, 5.41) is 4.90. The third-order valence-electron chi connectivity index (χ3n) is 4.18. The van der Waals surface area contributed by atoms with Crippen molar-refractivity contribution in [2.45, 2.75) is 0 Å². The average Bonchev–Trinajstić information content (AvgIpc) is 2.67. The lowest BCUT2D eigenvalue weighted by Crippen LogP contribution is -2.12. The molecule has 1 heterocycles. The van der Waals surface area contributed by atoms with Gasteiger partial charge in [-0.15, -0.1) is 0 Å². The Kier molecular flexibility index (Phi) is 3.78. The van der Waals surface area contributed by atoms with Crippen molar-refractivity contribution in [2.75, 3.05) is 12.4 Å². The van der Waals surface area contributed by atoms with Crippen molar-refractivity contribution in [3.05, 3.63) is 78.4 Å². The van der Waals surface area contributed by atoms with Crippen molar-refractivity contribution >= 4 is 33.4 Å². The summed E-state index contributed by atoms with van der Waals surface area (Å²) in [7, 11) is 1.60. The maximum absolute atomic E-state index is 12.7. The van der Waals surface area contributed by atoms with Crippen LogP contribution in [0.1, 0.15) is 10.4 Å². The van der Waals surface area contributed by atoms with Gasteiger partial charge in [0.1, 0.15) is 5.75 Å². The third-order valence-corrected chi connectivity index (χ3v) is 4.18. The third kappa shape index (κ3) is 2.78. The number of carbonyl (C=O) groups excluding carboxylic acids is 1. The highest BCUT2D eigenvalue weighted by molar-refractivity contribution is 6.16. The first kappa shape index (κ1) is 15.1. The number of pyridine rings is 1. The van der Waals surface area contributed by atoms with E-state index in [0.29, 0.717) is 5.56 Å². The van der Waals surface area contributed by atoms with E-state index < -0.39 is 0 Å². The number of nitrogens with one attached hydrogen (secondary N) is 1. The van der Waals surface area contributed by atoms with E-state index >= 15 is 0 Å². The first-order chi connectivity index (χ1) is 12.3. The molecule has 4 heteroatoms. The smallest absolute Gasteiger partial charge is 0.255 e. The van der Waals surface area contributed by atoms with Crippen molar-refractivity contribution < 1.29 is 9.53 Å². The molecule has 0 aliphatic heterocycles. The monoisotopic (exact) mass is 328 g/mol. The topological polar surface area (TPSA) is 51.2 Å². The molecule has 4 aromatic rings. The molecular formula is C21H16N2O2. The van der Waals surface area contributed by atoms with Crippen LogP contribution in [-0.4, -0.2) is 18.0 Å². The van der Waals surface area contributed by atoms with Crippen molar-refractivity contribution in [3.63, 3.8) is 0 Å². The molecule has 4 rings (SSSR count). The molecule has 0 bridgehead atoms. The molecule has 0 saturated carbocycles. The van der Waals surface area contributed by atoms with Crippen molar-refractivity contribution in [2.24, 2.45) is 0 Å². The molecule has 122 valence electrons. The van der Waals surface area contributed by atoms with E-state index in [1.165, 1.54) is 0 Å². The van der Waals surface area contributed by atoms with Crippen LogP contribution in [-0.2, 0) is 0 Å². The second-order valence-corrected chi connectivity index (χ2v) is 5.70. The summed E-state index contributed by atoms with van der Waals surface area (Å²) in [6.07, 6.45) is 0. The predicted octanol–water partition coefficient (Wildman–Crippen LogP) is 4.65. The highest BCUT2D eigenvalue weighted by Gasteiger charge is 2.13. The molecule has 0 aliphatic carbocycles. The number of benzene rings is 3. The van der Waals surface area contributed by atoms with Crippen molar-refractivity contribution in [1.29, 1.82) is 0 Å². The fourth-order valence-electron chi connectivity index (χ4n) is 2.90. The van der Waals surface area contributed by atoms with Gasteiger partial charge in [-0.2, -0.15) is 0 Å². The Morgan fingerprint density at radius 3 is 1.96 bits per heavy atom. The van der Waals surface area contributed by atoms with Crippen LogP contribution in [0, 0.1) is 0 Å². The summed E-state index contributed by atoms with van der Waals surface area (Å²) in [6, 6.07) is 22.7. The predicted molar refractivity (Wildman–Crippen MR) is 100 cm³/mol. The number of aromatic nitrogens is 1. The van der Waals surface area contributed by atoms with E-state index in [4.69, 9.17) is 4.74 Å². The van der Waals surface area contributed by atoms with Crippen molar-refractivity contribution in [1.82, 2.24) is 4.98 Å². The zero-order valence-corrected chi connectivity index (χ0v) is 13.7. The van der Waals surface area contributed by atoms with E-state index in [0.717, 1.165) is 33.2 Å². The fourth-order valence-corrected chi connectivity index (χ4v) is 2.90. The fraction of sp³-hybridized carbons (Fsp3) is 0.0476. The number of ether oxygens (including phenoxy) is 1. The van der Waals surface area contributed by atoms with Gasteiger partial charge in [0.2, 0.25) is 0 Å². The quantitative estimate of drug-likeness (QED) is 0.557. The van der Waals surface area contributed by atoms with Gasteiger partial charge in [0, 0.05) is 16.3 Å². The van der Waals surface area contributed by atoms with Gasteiger partial charge < -0.3 is 10.1 Å². The minimum absolute atomic E-state index is 0.163. The van der Waals surface area contributed by atoms with Crippen LogP contribution in [0.5, 0.6) is 5.75 Å². The van der Waals surface area contributed by atoms with Crippen LogP contribution < -0.4 is 10.1 Å². The second kappa shape index (κ2) is 6.24. The first-order valence-electron chi connectivity index (χ1n) is 7.99. The summed E-state index contributed by atoms with van der Waals surface area (Å²) in [5.41, 5.74) is 3.06. The largest absolute Gasteiger partial charge is 0.497 e. The summed E-state index contributed by atoms with van der Waals surface area (Å²) in [6.45, 7) is 0. The molecular weight excluding hydrogens is 312 g/mol. The first-order valence-corrected chi connectivity index (χ1v) is 7.99. The van der Waals surface area contributed by atoms with Gasteiger partial charge in [-0.3, -0.25) is 4.79 Å². The van der Waals surface area contributed by atoms with E-state index in [2.05, 4.69) is 10.3 Å². The molecule has 0 fully saturated rings. The second-order valence-electron chi connectivity index (χ2n) is 5.70. The number of rotatable bonds is 3. The van der Waals surface area contributed by atoms with Gasteiger partial charge in [-0.25, -0.2) is 4.98 Å². The Hall–Kier alpha value is -3.40. The molecule has 25 heavy (non-hydrogen) atoms. The minimum Gasteiger partial charge on any atom is -0.497 e. The van der Waals surface area contributed by atoms with Gasteiger partial charge in [0.05, 0.1) is 23.8 Å². The maximum Gasteiger partial charge on any atom is 0.255 e. The summed E-state index contributed by atoms with van der Waals surface area (Å²) in [5.74, 6) is 0.556. The molecule has 3 aromatic carbocycles. The zero-order chi connectivity index (χ0) is 17.2. The molecule has 0 saturated heterocycles. The van der Waals surface area contributed by atoms with E-state index in [9.17, 15) is 4.79 Å². The van der Waals surface area contributed by atoms with Gasteiger partial charge >= 0.3 is 0 Å². The summed E-state index contributed by atoms with van der Waals surface area (Å²) in [4.78, 5) is 17.4. The number of para-hydroxylation sites is 2. The van der Waals surface area contributed by atoms with E-state index in [1.54, 1.807) is 31.4 Å². The van der Waals surface area contributed by atoms with Crippen LogP contribution in [0.15, 0.2) is 72.8 Å². The molecule has 0 spiro atoms. The number of anilines is 1. The molecule has 0 aliphatic rings. The van der Waals surface area contributed by atoms with E-state index in [-0.39, 0.29) is 5.91 Å². The number of carbonyl (C=O) groups is 1. The number of hydrogen-bond donors (Lipinski definition) is 1. The summed E-state index contributed by atoms with van der Waals surface area (Å²) < 4.78 is 5.14. The zero-order valence-electron chi connectivity index (χ0n) is 13.7. The molecule has 0 unspecified atom stereocenters. The lowest BCUT2D eigenvalue weighted by atomic mass is 10.1. The molecule has 4 nitrogen and oxygen atoms in total. The number of nitrogens with zero attached hydrogens (tertiary/aromatic N) is 1. The highest BCUT2D eigenvalue weighted by atomic mass is 16.5. The van der Waals surface area contributed by atoms with Gasteiger partial charge in [-0.05, 0) is 36.4 Å². The van der Waals surface area contributed by atoms with Crippen LogP contribution in [0.3, 0.4) is 0 Å². The molecule has 0 radical (unpaired) electrons. The normalized spacial score (nSPS) is 10.8. The minimum atomic E-state index is -0.163. The molecule has 1 amide bonds. The molecule has 1 N–H and O–H groups in total. The summed E-state index contributed by atoms with van der Waals surface area (Å²) >= 11 is 0. The Bertz CT molecular complexity index is 1020. The lowest BCUT2D eigenvalue weighted by molar-refractivity contribution is 0.102.